The Balaban J connectivity index is 2.78. The Morgan fingerprint density at radius 2 is 1.67 bits per heavy atom. The third kappa shape index (κ3) is 6.67. The number of benzene rings is 1. The van der Waals surface area contributed by atoms with Crippen LogP contribution in [-0.4, -0.2) is 16.5 Å². The highest BCUT2D eigenvalue weighted by Gasteiger charge is 2.43. The van der Waals surface area contributed by atoms with Crippen LogP contribution < -0.4 is 4.72 Å². The summed E-state index contributed by atoms with van der Waals surface area (Å²) in [4.78, 5) is 0. The van der Waals surface area contributed by atoms with Crippen LogP contribution in [0.1, 0.15) is 38.8 Å². The first-order chi connectivity index (χ1) is 9.49. The van der Waals surface area contributed by atoms with Crippen LogP contribution in [0.15, 0.2) is 24.3 Å². The molecule has 0 radical (unpaired) electrons. The van der Waals surface area contributed by atoms with Crippen molar-refractivity contribution in [1.29, 1.82) is 0 Å². The van der Waals surface area contributed by atoms with E-state index < -0.39 is 29.4 Å². The van der Waals surface area contributed by atoms with Gasteiger partial charge in [-0.1, -0.05) is 32.9 Å². The minimum Gasteiger partial charge on any atom is -0.598 e. The van der Waals surface area contributed by atoms with Crippen molar-refractivity contribution < 1.29 is 22.1 Å². The number of alkyl halides is 3. The summed E-state index contributed by atoms with van der Waals surface area (Å²) in [7, 11) is 0. The van der Waals surface area contributed by atoms with Gasteiger partial charge in [0.1, 0.15) is 11.6 Å². The van der Waals surface area contributed by atoms with Crippen molar-refractivity contribution in [1.82, 2.24) is 4.72 Å². The van der Waals surface area contributed by atoms with Gasteiger partial charge in [0.25, 0.3) is 0 Å². The Labute approximate surface area is 125 Å². The molecule has 2 atom stereocenters. The first-order valence-electron chi connectivity index (χ1n) is 6.46. The van der Waals surface area contributed by atoms with Crippen molar-refractivity contribution >= 4 is 11.4 Å². The highest BCUT2D eigenvalue weighted by Crippen LogP contribution is 2.33. The molecule has 0 spiro atoms. The molecule has 0 bridgehead atoms. The van der Waals surface area contributed by atoms with Crippen molar-refractivity contribution in [2.45, 2.75) is 39.4 Å². The summed E-state index contributed by atoms with van der Waals surface area (Å²) in [6.07, 6.45) is -4.07. The van der Waals surface area contributed by atoms with Gasteiger partial charge in [0.2, 0.25) is 0 Å². The molecule has 7 heteroatoms. The van der Waals surface area contributed by atoms with Gasteiger partial charge in [0.05, 0.1) is 0 Å². The Morgan fingerprint density at radius 3 is 2.10 bits per heavy atom. The maximum Gasteiger partial charge on any atom is 0.412 e. The molecule has 21 heavy (non-hydrogen) atoms. The van der Waals surface area contributed by atoms with E-state index in [1.54, 1.807) is 0 Å². The zero-order valence-electron chi connectivity index (χ0n) is 12.1. The van der Waals surface area contributed by atoms with Gasteiger partial charge in [-0.05, 0) is 29.5 Å². The highest BCUT2D eigenvalue weighted by molar-refractivity contribution is 7.89. The summed E-state index contributed by atoms with van der Waals surface area (Å²) in [5.41, 5.74) is -0.269. The van der Waals surface area contributed by atoms with Crippen molar-refractivity contribution in [3.8, 4) is 0 Å². The van der Waals surface area contributed by atoms with E-state index in [9.17, 15) is 22.1 Å². The Hall–Kier alpha value is -0.790. The summed E-state index contributed by atoms with van der Waals surface area (Å²) in [5, 5.41) is 0. The smallest absolute Gasteiger partial charge is 0.412 e. The van der Waals surface area contributed by atoms with Crippen LogP contribution in [0.25, 0.3) is 0 Å². The van der Waals surface area contributed by atoms with Gasteiger partial charge in [0, 0.05) is 11.4 Å². The van der Waals surface area contributed by atoms with Crippen molar-refractivity contribution in [2.75, 3.05) is 5.75 Å². The lowest BCUT2D eigenvalue weighted by atomic mass is 9.94. The molecule has 2 nitrogen and oxygen atoms in total. The van der Waals surface area contributed by atoms with Gasteiger partial charge in [-0.2, -0.15) is 13.2 Å². The maximum atomic E-state index is 13.1. The average molecular weight is 325 g/mol. The van der Waals surface area contributed by atoms with E-state index in [4.69, 9.17) is 0 Å². The molecule has 0 saturated heterocycles. The molecule has 1 aromatic rings. The molecule has 0 aliphatic carbocycles. The topological polar surface area (TPSA) is 35.1 Å². The predicted molar refractivity (Wildman–Crippen MR) is 75.4 cm³/mol. The van der Waals surface area contributed by atoms with Crippen LogP contribution >= 0.6 is 0 Å². The molecule has 1 aromatic carbocycles. The number of halogens is 4. The van der Waals surface area contributed by atoms with E-state index in [-0.39, 0.29) is 16.7 Å². The van der Waals surface area contributed by atoms with Crippen LogP contribution in [0.2, 0.25) is 0 Å². The Kier molecular flexibility index (Phi) is 6.07. The zero-order chi connectivity index (χ0) is 16.3. The van der Waals surface area contributed by atoms with E-state index in [2.05, 4.69) is 4.72 Å². The number of hydrogen-bond donors (Lipinski definition) is 1. The van der Waals surface area contributed by atoms with Crippen molar-refractivity contribution in [3.05, 3.63) is 35.6 Å². The van der Waals surface area contributed by atoms with E-state index in [0.717, 1.165) is 24.3 Å². The van der Waals surface area contributed by atoms with E-state index in [1.807, 2.05) is 20.8 Å². The molecule has 1 unspecified atom stereocenters. The second-order valence-electron chi connectivity index (χ2n) is 6.00. The van der Waals surface area contributed by atoms with E-state index in [0.29, 0.717) is 6.42 Å². The maximum absolute atomic E-state index is 13.1. The normalized spacial score (nSPS) is 15.8. The Bertz CT molecular complexity index is 442. The molecule has 0 aromatic heterocycles. The fourth-order valence-corrected chi connectivity index (χ4v) is 3.02. The first-order valence-corrected chi connectivity index (χ1v) is 7.78. The van der Waals surface area contributed by atoms with Gasteiger partial charge in [-0.15, -0.1) is 4.72 Å². The largest absolute Gasteiger partial charge is 0.598 e. The summed E-state index contributed by atoms with van der Waals surface area (Å²) in [6, 6.07) is 1.92. The first kappa shape index (κ1) is 18.3. The SMILES string of the molecule is CC(C)(C)CC[S+]([O-])N[C@@H](c1ccc(F)cc1)C(F)(F)F. The second-order valence-corrected chi connectivity index (χ2v) is 7.34. The number of hydrogen-bond acceptors (Lipinski definition) is 2. The highest BCUT2D eigenvalue weighted by atomic mass is 32.2. The molecule has 1 rings (SSSR count). The molecule has 1 N–H and O–H groups in total. The summed E-state index contributed by atoms with van der Waals surface area (Å²) in [5.74, 6) is -0.495. The van der Waals surface area contributed by atoms with Crippen molar-refractivity contribution in [3.63, 3.8) is 0 Å². The summed E-state index contributed by atoms with van der Waals surface area (Å²) in [6.45, 7) is 5.77. The molecular formula is C14H19F4NOS. The van der Waals surface area contributed by atoms with Gasteiger partial charge < -0.3 is 4.55 Å². The van der Waals surface area contributed by atoms with Gasteiger partial charge >= 0.3 is 6.18 Å². The minimum atomic E-state index is -4.60. The molecular weight excluding hydrogens is 306 g/mol. The molecule has 0 aliphatic rings. The lowest BCUT2D eigenvalue weighted by molar-refractivity contribution is -0.153. The summed E-state index contributed by atoms with van der Waals surface area (Å²) >= 11 is -1.81. The fourth-order valence-electron chi connectivity index (χ4n) is 1.57. The average Bonchev–Trinajstić information content (AvgIpc) is 2.32. The third-order valence-electron chi connectivity index (χ3n) is 2.82. The van der Waals surface area contributed by atoms with Crippen molar-refractivity contribution in [2.24, 2.45) is 5.41 Å². The third-order valence-corrected chi connectivity index (χ3v) is 3.89. The number of nitrogens with one attached hydrogen (secondary N) is 1. The van der Waals surface area contributed by atoms with Crippen LogP contribution in [0.3, 0.4) is 0 Å². The van der Waals surface area contributed by atoms with Gasteiger partial charge in [0.15, 0.2) is 6.04 Å². The zero-order valence-corrected chi connectivity index (χ0v) is 12.9. The fraction of sp³-hybridized carbons (Fsp3) is 0.571. The molecule has 0 aliphatic heterocycles. The van der Waals surface area contributed by atoms with E-state index >= 15 is 0 Å². The van der Waals surface area contributed by atoms with Crippen LogP contribution in [-0.2, 0) is 11.4 Å². The predicted octanol–water partition coefficient (Wildman–Crippen LogP) is 4.12. The number of rotatable bonds is 5. The minimum absolute atomic E-state index is 0.110. The molecule has 120 valence electrons. The lowest BCUT2D eigenvalue weighted by Gasteiger charge is -2.24. The van der Waals surface area contributed by atoms with Crippen LogP contribution in [0.5, 0.6) is 0 Å². The monoisotopic (exact) mass is 325 g/mol. The van der Waals surface area contributed by atoms with E-state index in [1.165, 1.54) is 0 Å². The Morgan fingerprint density at radius 1 is 1.14 bits per heavy atom. The quantitative estimate of drug-likeness (QED) is 0.653. The standard InChI is InChI=1S/C14H19F4NOS/c1-13(2,3)8-9-21(20)19-12(14(16,17)18)10-4-6-11(15)7-5-10/h4-7,12,19H,8-9H2,1-3H3/t12-,21?/m0/s1. The molecule has 0 amide bonds. The molecule has 0 heterocycles. The molecule has 0 saturated carbocycles. The van der Waals surface area contributed by atoms with Gasteiger partial charge in [-0.3, -0.25) is 0 Å². The lowest BCUT2D eigenvalue weighted by Crippen LogP contribution is -2.39. The van der Waals surface area contributed by atoms with Crippen LogP contribution in [0, 0.1) is 11.2 Å². The van der Waals surface area contributed by atoms with Crippen LogP contribution in [0.4, 0.5) is 17.6 Å². The molecule has 0 fully saturated rings. The second kappa shape index (κ2) is 6.98. The van der Waals surface area contributed by atoms with Gasteiger partial charge in [-0.25, -0.2) is 4.39 Å². The summed E-state index contributed by atoms with van der Waals surface area (Å²) < 4.78 is 65.9.